The molecular formula is C54H88N12O6. The van der Waals surface area contributed by atoms with Gasteiger partial charge in [-0.05, 0) is 101 Å². The lowest BCUT2D eigenvalue weighted by atomic mass is 10.1. The lowest BCUT2D eigenvalue weighted by molar-refractivity contribution is -0.122. The number of hydrogen-bond donors (Lipinski definition) is 6. The number of benzene rings is 2. The Labute approximate surface area is 429 Å². The highest BCUT2D eigenvalue weighted by molar-refractivity contribution is 5.80. The third kappa shape index (κ3) is 27.7. The number of rotatable bonds is 40. The zero-order valence-electron chi connectivity index (χ0n) is 44.0. The molecule has 0 aliphatic rings. The van der Waals surface area contributed by atoms with Crippen LogP contribution in [0.15, 0.2) is 60.9 Å². The van der Waals surface area contributed by atoms with E-state index in [4.69, 9.17) is 20.9 Å². The Morgan fingerprint density at radius 3 is 1.17 bits per heavy atom. The summed E-state index contributed by atoms with van der Waals surface area (Å²) in [5.41, 5.74) is 14.4. The van der Waals surface area contributed by atoms with E-state index in [-0.39, 0.29) is 35.7 Å². The number of aryl methyl sites for hydroxylation is 2. The van der Waals surface area contributed by atoms with Crippen molar-refractivity contribution in [1.29, 1.82) is 0 Å². The van der Waals surface area contributed by atoms with Gasteiger partial charge >= 0.3 is 0 Å². The first-order chi connectivity index (χ1) is 35.0. The minimum Gasteiger partial charge on any atom is -0.487 e. The molecule has 18 nitrogen and oxygen atoms in total. The Morgan fingerprint density at radius 2 is 0.847 bits per heavy atom. The van der Waals surface area contributed by atoms with Crippen LogP contribution in [-0.2, 0) is 58.3 Å². The standard InChI is InChI=1S/2C27H44N6O3/c2*1-3-17-30-26(34)12-10-8-6-4-5-7-9-11-18-33-20-23(31-32-33)21-36-24-15-13-22(14-16-24)19-25(29-2)27(28)35/h2*13-16,20,25,29H,3-12,17-19,21H2,1-2H3,(H2,28,35)(H,30,34)/t2*25-/m00/s1. The maximum atomic E-state index is 11.6. The molecule has 4 rings (SSSR count). The second-order valence-electron chi connectivity index (χ2n) is 18.6. The molecule has 0 aliphatic heterocycles. The van der Waals surface area contributed by atoms with Gasteiger partial charge in [0.05, 0.1) is 24.5 Å². The molecule has 2 aromatic carbocycles. The summed E-state index contributed by atoms with van der Waals surface area (Å²) < 4.78 is 15.4. The van der Waals surface area contributed by atoms with Crippen LogP contribution in [0.25, 0.3) is 0 Å². The Morgan fingerprint density at radius 1 is 0.514 bits per heavy atom. The van der Waals surface area contributed by atoms with Crippen molar-refractivity contribution >= 4 is 23.6 Å². The van der Waals surface area contributed by atoms with Gasteiger partial charge < -0.3 is 42.2 Å². The van der Waals surface area contributed by atoms with Gasteiger partial charge in [0.25, 0.3) is 0 Å². The number of amides is 4. The summed E-state index contributed by atoms with van der Waals surface area (Å²) in [4.78, 5) is 45.8. The lowest BCUT2D eigenvalue weighted by Gasteiger charge is -2.12. The van der Waals surface area contributed by atoms with Crippen molar-refractivity contribution in [3.63, 3.8) is 0 Å². The summed E-state index contributed by atoms with van der Waals surface area (Å²) in [7, 11) is 3.45. The van der Waals surface area contributed by atoms with Crippen LogP contribution in [-0.4, -0.2) is 92.9 Å². The van der Waals surface area contributed by atoms with Crippen molar-refractivity contribution in [2.75, 3.05) is 27.2 Å². The molecule has 0 spiro atoms. The van der Waals surface area contributed by atoms with Gasteiger partial charge in [-0.3, -0.25) is 28.5 Å². The number of primary amides is 2. The molecule has 2 heterocycles. The molecule has 4 aromatic rings. The first kappa shape index (κ1) is 60.4. The highest BCUT2D eigenvalue weighted by atomic mass is 16.5. The van der Waals surface area contributed by atoms with E-state index in [2.05, 4.69) is 55.7 Å². The molecule has 2 aromatic heterocycles. The zero-order chi connectivity index (χ0) is 52.0. The molecular weight excluding hydrogens is 913 g/mol. The van der Waals surface area contributed by atoms with Crippen molar-refractivity contribution in [3.05, 3.63) is 83.4 Å². The topological polar surface area (TPSA) is 248 Å². The number of nitrogens with two attached hydrogens (primary N) is 2. The molecule has 0 saturated heterocycles. The molecule has 400 valence electrons. The average molecular weight is 1000 g/mol. The smallest absolute Gasteiger partial charge is 0.234 e. The summed E-state index contributed by atoms with van der Waals surface area (Å²) >= 11 is 0. The van der Waals surface area contributed by atoms with Crippen molar-refractivity contribution < 1.29 is 28.7 Å². The van der Waals surface area contributed by atoms with E-state index in [1.54, 1.807) is 14.1 Å². The SMILES string of the molecule is CCCNC(=O)CCCCCCCCCCn1cc(COc2ccc(C[C@H](NC)C(N)=O)cc2)nn1.CCCNC(=O)CCCCCCCCCCn1cc(COc2ccc(C[C@H](NC)C(N)=O)cc2)nn1. The molecule has 0 unspecified atom stereocenters. The number of hydrogen-bond acceptors (Lipinski definition) is 12. The van der Waals surface area contributed by atoms with E-state index in [1.165, 1.54) is 64.2 Å². The van der Waals surface area contributed by atoms with Crippen molar-refractivity contribution in [3.8, 4) is 11.5 Å². The molecule has 0 fully saturated rings. The van der Waals surface area contributed by atoms with Crippen LogP contribution in [0.3, 0.4) is 0 Å². The zero-order valence-corrected chi connectivity index (χ0v) is 44.0. The highest BCUT2D eigenvalue weighted by Crippen LogP contribution is 2.17. The summed E-state index contributed by atoms with van der Waals surface area (Å²) in [5.74, 6) is 1.14. The quantitative estimate of drug-likeness (QED) is 0.0246. The number of aromatic nitrogens is 6. The monoisotopic (exact) mass is 1000 g/mol. The van der Waals surface area contributed by atoms with Gasteiger partial charge in [-0.1, -0.05) is 126 Å². The summed E-state index contributed by atoms with van der Waals surface area (Å²) in [6.07, 6.45) is 26.9. The summed E-state index contributed by atoms with van der Waals surface area (Å²) in [6, 6.07) is 14.5. The normalized spacial score (nSPS) is 11.8. The molecule has 18 heteroatoms. The third-order valence-electron chi connectivity index (χ3n) is 12.3. The number of likely N-dealkylation sites (N-methyl/N-ethyl adjacent to an activating group) is 2. The fourth-order valence-electron chi connectivity index (χ4n) is 7.89. The number of carbonyl (C=O) groups excluding carboxylic acids is 4. The molecule has 0 aliphatic carbocycles. The highest BCUT2D eigenvalue weighted by Gasteiger charge is 2.15. The first-order valence-corrected chi connectivity index (χ1v) is 26.7. The average Bonchev–Trinajstić information content (AvgIpc) is 4.05. The van der Waals surface area contributed by atoms with Crippen LogP contribution in [0.4, 0.5) is 0 Å². The predicted molar refractivity (Wildman–Crippen MR) is 283 cm³/mol. The second-order valence-corrected chi connectivity index (χ2v) is 18.6. The van der Waals surface area contributed by atoms with Crippen LogP contribution in [0.5, 0.6) is 11.5 Å². The predicted octanol–water partition coefficient (Wildman–Crippen LogP) is 7.02. The number of nitrogens with one attached hydrogen (secondary N) is 4. The van der Waals surface area contributed by atoms with E-state index >= 15 is 0 Å². The van der Waals surface area contributed by atoms with Crippen LogP contribution >= 0.6 is 0 Å². The molecule has 8 N–H and O–H groups in total. The number of unbranched alkanes of at least 4 members (excludes halogenated alkanes) is 14. The van der Waals surface area contributed by atoms with E-state index in [9.17, 15) is 19.2 Å². The number of ether oxygens (including phenoxy) is 2. The van der Waals surface area contributed by atoms with Crippen molar-refractivity contribution in [2.24, 2.45) is 11.5 Å². The molecule has 0 bridgehead atoms. The third-order valence-corrected chi connectivity index (χ3v) is 12.3. The van der Waals surface area contributed by atoms with Crippen LogP contribution in [0.1, 0.15) is 165 Å². The molecule has 4 amide bonds. The van der Waals surface area contributed by atoms with Crippen molar-refractivity contribution in [1.82, 2.24) is 51.3 Å². The van der Waals surface area contributed by atoms with E-state index in [1.807, 2.05) is 70.3 Å². The Kier molecular flexibility index (Phi) is 31.8. The van der Waals surface area contributed by atoms with Crippen LogP contribution < -0.4 is 42.2 Å². The second kappa shape index (κ2) is 37.8. The van der Waals surface area contributed by atoms with E-state index in [0.717, 1.165) is 112 Å². The fraction of sp³-hybridized carbons (Fsp3) is 0.630. The molecule has 0 saturated carbocycles. The molecule has 72 heavy (non-hydrogen) atoms. The van der Waals surface area contributed by atoms with Gasteiger partial charge in [0, 0.05) is 39.0 Å². The largest absolute Gasteiger partial charge is 0.487 e. The van der Waals surface area contributed by atoms with Gasteiger partial charge in [-0.2, -0.15) is 0 Å². The van der Waals surface area contributed by atoms with Crippen molar-refractivity contribution in [2.45, 2.75) is 193 Å². The van der Waals surface area contributed by atoms with Crippen LogP contribution in [0, 0.1) is 0 Å². The molecule has 0 radical (unpaired) electrons. The van der Waals surface area contributed by atoms with E-state index in [0.29, 0.717) is 38.9 Å². The summed E-state index contributed by atoms with van der Waals surface area (Å²) in [6.45, 7) is 8.16. The van der Waals surface area contributed by atoms with Crippen LogP contribution in [0.2, 0.25) is 0 Å². The lowest BCUT2D eigenvalue weighted by Crippen LogP contribution is -2.40. The Balaban J connectivity index is 0.000000380. The number of carbonyl (C=O) groups is 4. The Bertz CT molecular complexity index is 1910. The fourth-order valence-corrected chi connectivity index (χ4v) is 7.89. The van der Waals surface area contributed by atoms with Gasteiger partial charge in [0.2, 0.25) is 23.6 Å². The van der Waals surface area contributed by atoms with Gasteiger partial charge in [-0.15, -0.1) is 10.2 Å². The molecule has 2 atom stereocenters. The van der Waals surface area contributed by atoms with Gasteiger partial charge in [-0.25, -0.2) is 0 Å². The Hall–Kier alpha value is -5.88. The van der Waals surface area contributed by atoms with Gasteiger partial charge in [0.15, 0.2) is 0 Å². The minimum atomic E-state index is -0.382. The van der Waals surface area contributed by atoms with Gasteiger partial charge in [0.1, 0.15) is 36.1 Å². The summed E-state index contributed by atoms with van der Waals surface area (Å²) in [5, 5.41) is 28.5. The maximum Gasteiger partial charge on any atom is 0.234 e. The number of nitrogens with zero attached hydrogens (tertiary/aromatic N) is 6. The minimum absolute atomic E-state index is 0.190. The first-order valence-electron chi connectivity index (χ1n) is 26.7. The van der Waals surface area contributed by atoms with E-state index < -0.39 is 0 Å². The maximum absolute atomic E-state index is 11.6.